The number of carboxylic acids is 1. The summed E-state index contributed by atoms with van der Waals surface area (Å²) in [7, 11) is 0. The number of ether oxygens (including phenoxy) is 2. The number of aliphatic hydroxyl groups excluding tert-OH is 1. The maximum atomic E-state index is 12.6. The van der Waals surface area contributed by atoms with E-state index in [-0.39, 0.29) is 36.6 Å². The molecule has 1 aliphatic rings. The highest BCUT2D eigenvalue weighted by Crippen LogP contribution is 2.32. The van der Waals surface area contributed by atoms with Crippen LogP contribution in [0, 0.1) is 0 Å². The van der Waals surface area contributed by atoms with Gasteiger partial charge in [0, 0.05) is 18.5 Å². The van der Waals surface area contributed by atoms with Crippen molar-refractivity contribution in [2.75, 3.05) is 11.9 Å². The number of hydrogen-bond donors (Lipinski definition) is 5. The van der Waals surface area contributed by atoms with Crippen LogP contribution in [0.2, 0.25) is 0 Å². The number of carbonyl (C=O) groups excluding carboxylic acids is 3. The minimum absolute atomic E-state index is 0.0564. The molecule has 0 aliphatic carbocycles. The minimum atomic E-state index is -1.61. The van der Waals surface area contributed by atoms with Crippen LogP contribution in [0.25, 0.3) is 11.2 Å². The number of nitrogens with zero attached hydrogens (tertiary/aromatic N) is 4. The molecule has 3 amide bonds. The van der Waals surface area contributed by atoms with Crippen LogP contribution in [-0.4, -0.2) is 78.4 Å². The van der Waals surface area contributed by atoms with Crippen molar-refractivity contribution in [3.05, 3.63) is 84.4 Å². The molecule has 15 heteroatoms. The van der Waals surface area contributed by atoms with Crippen LogP contribution in [0.1, 0.15) is 28.6 Å². The van der Waals surface area contributed by atoms with Gasteiger partial charge in [-0.2, -0.15) is 0 Å². The Hall–Kier alpha value is -5.41. The number of aromatic nitrogens is 4. The summed E-state index contributed by atoms with van der Waals surface area (Å²) >= 11 is 0. The lowest BCUT2D eigenvalue weighted by Crippen LogP contribution is -2.50. The standard InChI is InChI=1S/C28H27N7O8/c36-18(11-12-29-28(41)42-13-16-7-3-1-4-8-16)33-19-21(37)26(43-22(19)27(39)40)35-15-32-20-23(30-14-31-24(20)35)34-25(38)17-9-5-2-6-10-17/h1-10,14-15,19,21-22,26,37H,11-13H2,(H,29,41)(H,33,36)(H,39,40)(H,30,31,34,38)/t19-,21+,22-,26+/m0/s1. The first-order chi connectivity index (χ1) is 20.8. The predicted octanol–water partition coefficient (Wildman–Crippen LogP) is 1.22. The molecule has 15 nitrogen and oxygen atoms in total. The molecule has 1 fully saturated rings. The Kier molecular flexibility index (Phi) is 8.83. The number of nitrogens with one attached hydrogen (secondary N) is 3. The molecule has 1 saturated heterocycles. The van der Waals surface area contributed by atoms with E-state index in [4.69, 9.17) is 9.47 Å². The van der Waals surface area contributed by atoms with Crippen molar-refractivity contribution in [1.82, 2.24) is 30.2 Å². The Morgan fingerprint density at radius 3 is 2.42 bits per heavy atom. The zero-order valence-electron chi connectivity index (χ0n) is 22.5. The van der Waals surface area contributed by atoms with Crippen LogP contribution in [0.15, 0.2) is 73.3 Å². The summed E-state index contributed by atoms with van der Waals surface area (Å²) < 4.78 is 12.0. The maximum absolute atomic E-state index is 12.6. The second kappa shape index (κ2) is 13.1. The number of hydrogen-bond acceptors (Lipinski definition) is 10. The molecule has 3 heterocycles. The predicted molar refractivity (Wildman–Crippen MR) is 148 cm³/mol. The van der Waals surface area contributed by atoms with Crippen LogP contribution in [-0.2, 0) is 25.7 Å². The van der Waals surface area contributed by atoms with Gasteiger partial charge >= 0.3 is 12.1 Å². The lowest BCUT2D eigenvalue weighted by atomic mass is 10.1. The Labute approximate surface area is 243 Å². The number of aliphatic carboxylic acids is 1. The van der Waals surface area contributed by atoms with Crippen molar-refractivity contribution in [1.29, 1.82) is 0 Å². The summed E-state index contributed by atoms with van der Waals surface area (Å²) in [5.41, 5.74) is 1.51. The number of aliphatic hydroxyl groups is 1. The Balaban J connectivity index is 1.21. The van der Waals surface area contributed by atoms with E-state index >= 15 is 0 Å². The number of alkyl carbamates (subject to hydrolysis) is 1. The van der Waals surface area contributed by atoms with Gasteiger partial charge in [0.25, 0.3) is 5.91 Å². The molecule has 2 aromatic carbocycles. The van der Waals surface area contributed by atoms with E-state index in [9.17, 15) is 29.4 Å². The number of rotatable bonds is 10. The van der Waals surface area contributed by atoms with E-state index in [2.05, 4.69) is 30.9 Å². The highest BCUT2D eigenvalue weighted by molar-refractivity contribution is 6.06. The molecule has 43 heavy (non-hydrogen) atoms. The van der Waals surface area contributed by atoms with Crippen LogP contribution < -0.4 is 16.0 Å². The van der Waals surface area contributed by atoms with E-state index in [1.165, 1.54) is 17.2 Å². The molecule has 4 atom stereocenters. The van der Waals surface area contributed by atoms with Crippen molar-refractivity contribution >= 4 is 40.9 Å². The SMILES string of the molecule is O=C(CCNC(=O)OCc1ccccc1)N[C@H]1[C@@H](O)[C@H](n2cnc3c(NC(=O)c4ccccc4)ncnc32)O[C@@H]1C(=O)O. The van der Waals surface area contributed by atoms with Gasteiger partial charge in [-0.25, -0.2) is 24.5 Å². The fourth-order valence-corrected chi connectivity index (χ4v) is 4.48. The zero-order valence-corrected chi connectivity index (χ0v) is 22.5. The molecule has 0 saturated carbocycles. The number of fused-ring (bicyclic) bond motifs is 1. The molecule has 4 aromatic rings. The van der Waals surface area contributed by atoms with E-state index in [0.717, 1.165) is 5.56 Å². The van der Waals surface area contributed by atoms with Gasteiger partial charge in [0.2, 0.25) is 5.91 Å². The summed E-state index contributed by atoms with van der Waals surface area (Å²) in [5.74, 6) is -2.38. The summed E-state index contributed by atoms with van der Waals surface area (Å²) in [4.78, 5) is 61.6. The lowest BCUT2D eigenvalue weighted by Gasteiger charge is -2.20. The van der Waals surface area contributed by atoms with Crippen molar-refractivity contribution in [2.24, 2.45) is 0 Å². The summed E-state index contributed by atoms with van der Waals surface area (Å²) in [6, 6.07) is 16.2. The zero-order chi connectivity index (χ0) is 30.3. The first-order valence-electron chi connectivity index (χ1n) is 13.2. The molecular weight excluding hydrogens is 562 g/mol. The highest BCUT2D eigenvalue weighted by atomic mass is 16.6. The normalized spacial score (nSPS) is 19.5. The van der Waals surface area contributed by atoms with Crippen molar-refractivity contribution in [2.45, 2.75) is 37.5 Å². The second-order valence-electron chi connectivity index (χ2n) is 9.47. The second-order valence-corrected chi connectivity index (χ2v) is 9.47. The van der Waals surface area contributed by atoms with Gasteiger partial charge in [-0.15, -0.1) is 0 Å². The number of imidazole rings is 1. The molecule has 5 rings (SSSR count). The lowest BCUT2D eigenvalue weighted by molar-refractivity contribution is -0.152. The van der Waals surface area contributed by atoms with Crippen LogP contribution >= 0.6 is 0 Å². The molecule has 1 aliphatic heterocycles. The van der Waals surface area contributed by atoms with Crippen molar-refractivity contribution in [3.8, 4) is 0 Å². The fourth-order valence-electron chi connectivity index (χ4n) is 4.48. The maximum Gasteiger partial charge on any atom is 0.407 e. The van der Waals surface area contributed by atoms with Crippen molar-refractivity contribution in [3.63, 3.8) is 0 Å². The first kappa shape index (κ1) is 29.1. The van der Waals surface area contributed by atoms with Gasteiger partial charge in [0.1, 0.15) is 19.0 Å². The minimum Gasteiger partial charge on any atom is -0.479 e. The Morgan fingerprint density at radius 2 is 1.70 bits per heavy atom. The number of anilines is 1. The summed E-state index contributed by atoms with van der Waals surface area (Å²) in [6.45, 7) is -0.0360. The summed E-state index contributed by atoms with van der Waals surface area (Å²) in [6.07, 6.45) is -2.93. The van der Waals surface area contributed by atoms with E-state index in [0.29, 0.717) is 5.56 Å². The number of carbonyl (C=O) groups is 4. The quantitative estimate of drug-likeness (QED) is 0.178. The third-order valence-corrected chi connectivity index (χ3v) is 6.58. The number of amides is 3. The average molecular weight is 590 g/mol. The molecule has 0 radical (unpaired) electrons. The van der Waals surface area contributed by atoms with Gasteiger partial charge in [-0.1, -0.05) is 48.5 Å². The molecule has 0 spiro atoms. The molecular formula is C28H27N7O8. The Morgan fingerprint density at radius 1 is 0.977 bits per heavy atom. The van der Waals surface area contributed by atoms with Crippen molar-refractivity contribution < 1.29 is 38.9 Å². The van der Waals surface area contributed by atoms with E-state index < -0.39 is 48.4 Å². The third kappa shape index (κ3) is 6.74. The van der Waals surface area contributed by atoms with Gasteiger partial charge in [-0.05, 0) is 17.7 Å². The van der Waals surface area contributed by atoms with Gasteiger partial charge in [-0.3, -0.25) is 14.2 Å². The fraction of sp³-hybridized carbons (Fsp3) is 0.250. The van der Waals surface area contributed by atoms with Crippen LogP contribution in [0.3, 0.4) is 0 Å². The Bertz CT molecular complexity index is 1620. The number of benzene rings is 2. The average Bonchev–Trinajstić information content (AvgIpc) is 3.58. The molecule has 0 bridgehead atoms. The smallest absolute Gasteiger partial charge is 0.407 e. The van der Waals surface area contributed by atoms with Gasteiger partial charge in [0.05, 0.1) is 12.4 Å². The van der Waals surface area contributed by atoms with Gasteiger partial charge in [0.15, 0.2) is 29.3 Å². The summed E-state index contributed by atoms with van der Waals surface area (Å²) in [5, 5.41) is 28.4. The van der Waals surface area contributed by atoms with Crippen LogP contribution in [0.5, 0.6) is 0 Å². The topological polar surface area (TPSA) is 207 Å². The van der Waals surface area contributed by atoms with E-state index in [1.54, 1.807) is 42.5 Å². The largest absolute Gasteiger partial charge is 0.479 e. The molecule has 5 N–H and O–H groups in total. The first-order valence-corrected chi connectivity index (χ1v) is 13.2. The highest BCUT2D eigenvalue weighted by Gasteiger charge is 2.49. The molecule has 0 unspecified atom stereocenters. The van der Waals surface area contributed by atoms with E-state index in [1.807, 2.05) is 18.2 Å². The monoisotopic (exact) mass is 589 g/mol. The van der Waals surface area contributed by atoms with Gasteiger partial charge < -0.3 is 35.6 Å². The molecule has 2 aromatic heterocycles. The van der Waals surface area contributed by atoms with Crippen LogP contribution in [0.4, 0.5) is 10.6 Å². The third-order valence-electron chi connectivity index (χ3n) is 6.58. The molecule has 222 valence electrons. The number of carboxylic acid groups (broad SMARTS) is 1.